The Morgan fingerprint density at radius 3 is 2.60 bits per heavy atom. The zero-order valence-corrected chi connectivity index (χ0v) is 14.2. The van der Waals surface area contributed by atoms with Crippen molar-refractivity contribution < 1.29 is 9.84 Å². The van der Waals surface area contributed by atoms with Gasteiger partial charge in [0, 0.05) is 19.1 Å². The average Bonchev–Trinajstić information content (AvgIpc) is 2.43. The molecule has 2 unspecified atom stereocenters. The van der Waals surface area contributed by atoms with Crippen LogP contribution in [0, 0.1) is 5.92 Å². The number of morpholine rings is 1. The molecule has 0 spiro atoms. The summed E-state index contributed by atoms with van der Waals surface area (Å²) >= 11 is 0. The number of halogens is 1. The molecule has 1 aliphatic rings. The summed E-state index contributed by atoms with van der Waals surface area (Å²) in [5.41, 5.74) is 0. The highest BCUT2D eigenvalue weighted by molar-refractivity contribution is 5.85. The molecule has 0 amide bonds. The van der Waals surface area contributed by atoms with E-state index in [1.165, 1.54) is 44.9 Å². The second-order valence-corrected chi connectivity index (χ2v) is 5.80. The Hall–Kier alpha value is 0.170. The average molecular weight is 308 g/mol. The largest absolute Gasteiger partial charge is 0.395 e. The Balaban J connectivity index is 0.00000361. The van der Waals surface area contributed by atoms with Crippen LogP contribution in [0.25, 0.3) is 0 Å². The van der Waals surface area contributed by atoms with E-state index in [4.69, 9.17) is 4.74 Å². The van der Waals surface area contributed by atoms with Crippen molar-refractivity contribution in [2.75, 3.05) is 32.9 Å². The summed E-state index contributed by atoms with van der Waals surface area (Å²) in [7, 11) is 0. The SMILES string of the molecule is CCCCCCC(CCC)C1COCCN1CCO.Cl. The molecule has 20 heavy (non-hydrogen) atoms. The molecule has 0 aromatic heterocycles. The Kier molecular flexibility index (Phi) is 13.0. The van der Waals surface area contributed by atoms with Gasteiger partial charge in [0.25, 0.3) is 0 Å². The third-order valence-corrected chi connectivity index (χ3v) is 4.30. The maximum atomic E-state index is 9.21. The number of aliphatic hydroxyl groups is 1. The summed E-state index contributed by atoms with van der Waals surface area (Å²) in [5, 5.41) is 9.21. The van der Waals surface area contributed by atoms with Gasteiger partial charge in [0.15, 0.2) is 0 Å². The Labute approximate surface area is 131 Å². The Morgan fingerprint density at radius 2 is 1.95 bits per heavy atom. The number of hydrogen-bond acceptors (Lipinski definition) is 3. The summed E-state index contributed by atoms with van der Waals surface area (Å²) in [6.45, 7) is 8.29. The number of hydrogen-bond donors (Lipinski definition) is 1. The number of nitrogens with zero attached hydrogens (tertiary/aromatic N) is 1. The third-order valence-electron chi connectivity index (χ3n) is 4.30. The van der Waals surface area contributed by atoms with Crippen LogP contribution < -0.4 is 0 Å². The lowest BCUT2D eigenvalue weighted by molar-refractivity contribution is -0.0387. The highest BCUT2D eigenvalue weighted by atomic mass is 35.5. The quantitative estimate of drug-likeness (QED) is 0.627. The first kappa shape index (κ1) is 20.2. The van der Waals surface area contributed by atoms with Crippen molar-refractivity contribution in [3.05, 3.63) is 0 Å². The van der Waals surface area contributed by atoms with Crippen LogP contribution in [0.4, 0.5) is 0 Å². The monoisotopic (exact) mass is 307 g/mol. The van der Waals surface area contributed by atoms with Crippen LogP contribution in [-0.4, -0.2) is 49.0 Å². The molecule has 1 aliphatic heterocycles. The minimum Gasteiger partial charge on any atom is -0.395 e. The van der Waals surface area contributed by atoms with Crippen LogP contribution in [0.5, 0.6) is 0 Å². The Bertz CT molecular complexity index is 215. The predicted octanol–water partition coefficient (Wildman–Crippen LogP) is 3.49. The summed E-state index contributed by atoms with van der Waals surface area (Å²) in [5.74, 6) is 0.744. The fourth-order valence-electron chi connectivity index (χ4n) is 3.23. The first-order chi connectivity index (χ1) is 9.33. The number of β-amino-alcohol motifs (C(OH)–C–C–N with tert-alkyl or cyclic N) is 1. The molecule has 3 nitrogen and oxygen atoms in total. The minimum absolute atomic E-state index is 0. The second-order valence-electron chi connectivity index (χ2n) is 5.80. The molecule has 0 aromatic rings. The molecule has 1 saturated heterocycles. The van der Waals surface area contributed by atoms with Gasteiger partial charge in [-0.05, 0) is 18.8 Å². The van der Waals surface area contributed by atoms with Gasteiger partial charge in [-0.3, -0.25) is 4.90 Å². The zero-order chi connectivity index (χ0) is 13.9. The van der Waals surface area contributed by atoms with Crippen LogP contribution in [-0.2, 0) is 4.74 Å². The Morgan fingerprint density at radius 1 is 1.15 bits per heavy atom. The number of aliphatic hydroxyl groups excluding tert-OH is 1. The van der Waals surface area contributed by atoms with Crippen LogP contribution >= 0.6 is 12.4 Å². The summed E-state index contributed by atoms with van der Waals surface area (Å²) in [6, 6.07) is 0.530. The van der Waals surface area contributed by atoms with Gasteiger partial charge in [-0.25, -0.2) is 0 Å². The maximum absolute atomic E-state index is 9.21. The lowest BCUT2D eigenvalue weighted by atomic mass is 9.88. The molecule has 1 N–H and O–H groups in total. The molecule has 1 fully saturated rings. The van der Waals surface area contributed by atoms with Crippen LogP contribution in [0.1, 0.15) is 58.8 Å². The first-order valence-corrected chi connectivity index (χ1v) is 8.26. The molecule has 0 saturated carbocycles. The fourth-order valence-corrected chi connectivity index (χ4v) is 3.23. The van der Waals surface area contributed by atoms with Crippen molar-refractivity contribution in [3.63, 3.8) is 0 Å². The van der Waals surface area contributed by atoms with E-state index < -0.39 is 0 Å². The number of ether oxygens (including phenoxy) is 1. The molecule has 1 heterocycles. The molecule has 1 rings (SSSR count). The molecule has 0 aromatic carbocycles. The molecule has 0 bridgehead atoms. The summed E-state index contributed by atoms with van der Waals surface area (Å²) in [4.78, 5) is 2.45. The van der Waals surface area contributed by atoms with E-state index in [1.807, 2.05) is 0 Å². The number of unbranched alkanes of at least 4 members (excludes halogenated alkanes) is 3. The summed E-state index contributed by atoms with van der Waals surface area (Å²) < 4.78 is 5.69. The fraction of sp³-hybridized carbons (Fsp3) is 1.00. The van der Waals surface area contributed by atoms with E-state index in [2.05, 4.69) is 18.7 Å². The molecule has 2 atom stereocenters. The maximum Gasteiger partial charge on any atom is 0.0625 e. The summed E-state index contributed by atoms with van der Waals surface area (Å²) in [6.07, 6.45) is 9.25. The predicted molar refractivity (Wildman–Crippen MR) is 87.7 cm³/mol. The van der Waals surface area contributed by atoms with Crippen molar-refractivity contribution in [2.45, 2.75) is 64.8 Å². The van der Waals surface area contributed by atoms with Gasteiger partial charge < -0.3 is 9.84 Å². The molecule has 122 valence electrons. The first-order valence-electron chi connectivity index (χ1n) is 8.26. The normalized spacial score (nSPS) is 21.4. The van der Waals surface area contributed by atoms with Crippen molar-refractivity contribution in [1.29, 1.82) is 0 Å². The lowest BCUT2D eigenvalue weighted by Gasteiger charge is -2.40. The van der Waals surface area contributed by atoms with Gasteiger partial charge in [-0.2, -0.15) is 0 Å². The van der Waals surface area contributed by atoms with E-state index in [0.717, 1.165) is 32.2 Å². The van der Waals surface area contributed by atoms with E-state index in [-0.39, 0.29) is 19.0 Å². The molecular formula is C16H34ClNO2. The smallest absolute Gasteiger partial charge is 0.0625 e. The minimum atomic E-state index is 0. The highest BCUT2D eigenvalue weighted by Crippen LogP contribution is 2.25. The van der Waals surface area contributed by atoms with Crippen LogP contribution in [0.15, 0.2) is 0 Å². The van der Waals surface area contributed by atoms with Crippen molar-refractivity contribution in [2.24, 2.45) is 5.92 Å². The van der Waals surface area contributed by atoms with E-state index in [0.29, 0.717) is 6.04 Å². The van der Waals surface area contributed by atoms with E-state index in [1.54, 1.807) is 0 Å². The topological polar surface area (TPSA) is 32.7 Å². The van der Waals surface area contributed by atoms with E-state index >= 15 is 0 Å². The molecule has 0 aliphatic carbocycles. The van der Waals surface area contributed by atoms with Crippen molar-refractivity contribution in [3.8, 4) is 0 Å². The standard InChI is InChI=1S/C16H33NO2.ClH/c1-3-5-6-7-9-15(8-4-2)16-14-19-13-11-17(16)10-12-18;/h15-16,18H,3-14H2,1-2H3;1H. The molecular weight excluding hydrogens is 274 g/mol. The van der Waals surface area contributed by atoms with Gasteiger partial charge in [-0.1, -0.05) is 46.0 Å². The van der Waals surface area contributed by atoms with Gasteiger partial charge in [0.2, 0.25) is 0 Å². The van der Waals surface area contributed by atoms with Gasteiger partial charge in [0.1, 0.15) is 0 Å². The van der Waals surface area contributed by atoms with Crippen LogP contribution in [0.2, 0.25) is 0 Å². The third kappa shape index (κ3) is 7.26. The second kappa shape index (κ2) is 12.9. The zero-order valence-electron chi connectivity index (χ0n) is 13.4. The number of rotatable bonds is 10. The van der Waals surface area contributed by atoms with Gasteiger partial charge >= 0.3 is 0 Å². The molecule has 0 radical (unpaired) electrons. The lowest BCUT2D eigenvalue weighted by Crippen LogP contribution is -2.50. The highest BCUT2D eigenvalue weighted by Gasteiger charge is 2.29. The van der Waals surface area contributed by atoms with Gasteiger partial charge in [0.05, 0.1) is 19.8 Å². The van der Waals surface area contributed by atoms with Crippen LogP contribution in [0.3, 0.4) is 0 Å². The van der Waals surface area contributed by atoms with Crippen molar-refractivity contribution in [1.82, 2.24) is 4.90 Å². The molecule has 4 heteroatoms. The van der Waals surface area contributed by atoms with Crippen molar-refractivity contribution >= 4 is 12.4 Å². The van der Waals surface area contributed by atoms with E-state index in [9.17, 15) is 5.11 Å². The van der Waals surface area contributed by atoms with Gasteiger partial charge in [-0.15, -0.1) is 12.4 Å².